The summed E-state index contributed by atoms with van der Waals surface area (Å²) in [4.78, 5) is 0. The number of hydrogen-bond donors (Lipinski definition) is 1. The van der Waals surface area contributed by atoms with Crippen molar-refractivity contribution in [1.82, 2.24) is 5.32 Å². The second-order valence-electron chi connectivity index (χ2n) is 5.56. The highest BCUT2D eigenvalue weighted by molar-refractivity contribution is 5.33. The molecule has 1 aliphatic carbocycles. The molecule has 1 aromatic carbocycles. The Morgan fingerprint density at radius 1 is 1.11 bits per heavy atom. The van der Waals surface area contributed by atoms with Gasteiger partial charge in [0.1, 0.15) is 0 Å². The fourth-order valence-corrected chi connectivity index (χ4v) is 2.93. The summed E-state index contributed by atoms with van der Waals surface area (Å²) >= 11 is 0. The third-order valence-corrected chi connectivity index (χ3v) is 4.03. The van der Waals surface area contributed by atoms with Crippen LogP contribution in [0, 0.1) is 17.8 Å². The highest BCUT2D eigenvalue weighted by Crippen LogP contribution is 2.27. The van der Waals surface area contributed by atoms with Crippen LogP contribution in [0.15, 0.2) is 30.3 Å². The molecule has 0 saturated heterocycles. The molecule has 1 fully saturated rings. The van der Waals surface area contributed by atoms with Crippen molar-refractivity contribution < 1.29 is 0 Å². The highest BCUT2D eigenvalue weighted by Gasteiger charge is 2.19. The molecule has 0 radical (unpaired) electrons. The molecular formula is C18H25N. The van der Waals surface area contributed by atoms with Gasteiger partial charge >= 0.3 is 0 Å². The molecule has 1 heteroatoms. The molecule has 0 aromatic heterocycles. The van der Waals surface area contributed by atoms with E-state index in [0.717, 1.165) is 18.0 Å². The van der Waals surface area contributed by atoms with Gasteiger partial charge in [-0.1, -0.05) is 49.8 Å². The van der Waals surface area contributed by atoms with Crippen molar-refractivity contribution in [3.63, 3.8) is 0 Å². The zero-order valence-electron chi connectivity index (χ0n) is 12.0. The summed E-state index contributed by atoms with van der Waals surface area (Å²) in [6, 6.07) is 10.9. The Hall–Kier alpha value is -1.26. The second kappa shape index (κ2) is 8.02. The lowest BCUT2D eigenvalue weighted by atomic mass is 9.83. The fraction of sp³-hybridized carbons (Fsp3) is 0.556. The van der Waals surface area contributed by atoms with Crippen molar-refractivity contribution >= 4 is 0 Å². The smallest absolute Gasteiger partial charge is 0.0582 e. The van der Waals surface area contributed by atoms with Crippen LogP contribution in [0.5, 0.6) is 0 Å². The Kier molecular flexibility index (Phi) is 5.98. The van der Waals surface area contributed by atoms with Crippen LogP contribution in [0.2, 0.25) is 0 Å². The zero-order chi connectivity index (χ0) is 13.3. The van der Waals surface area contributed by atoms with E-state index >= 15 is 0 Å². The van der Waals surface area contributed by atoms with E-state index in [0.29, 0.717) is 6.04 Å². The minimum Gasteiger partial charge on any atom is -0.303 e. The fourth-order valence-electron chi connectivity index (χ4n) is 2.93. The lowest BCUT2D eigenvalue weighted by Crippen LogP contribution is -2.33. The van der Waals surface area contributed by atoms with Crippen LogP contribution in [0.4, 0.5) is 0 Å². The Morgan fingerprint density at radius 3 is 2.53 bits per heavy atom. The number of nitrogens with one attached hydrogen (secondary N) is 1. The van der Waals surface area contributed by atoms with Crippen LogP contribution in [0.3, 0.4) is 0 Å². The first-order valence-electron chi connectivity index (χ1n) is 7.65. The normalized spacial score (nSPS) is 22.6. The van der Waals surface area contributed by atoms with Crippen molar-refractivity contribution in [1.29, 1.82) is 0 Å². The Morgan fingerprint density at radius 2 is 1.84 bits per heavy atom. The third kappa shape index (κ3) is 5.09. The molecule has 2 rings (SSSR count). The Bertz CT molecular complexity index is 404. The summed E-state index contributed by atoms with van der Waals surface area (Å²) < 4.78 is 0. The van der Waals surface area contributed by atoms with Gasteiger partial charge in [-0.2, -0.15) is 0 Å². The quantitative estimate of drug-likeness (QED) is 0.802. The van der Waals surface area contributed by atoms with E-state index in [1.54, 1.807) is 0 Å². The highest BCUT2D eigenvalue weighted by atomic mass is 14.9. The van der Waals surface area contributed by atoms with Crippen LogP contribution in [0.25, 0.3) is 0 Å². The van der Waals surface area contributed by atoms with E-state index in [-0.39, 0.29) is 0 Å². The van der Waals surface area contributed by atoms with Crippen molar-refractivity contribution in [2.45, 2.75) is 51.5 Å². The largest absolute Gasteiger partial charge is 0.303 e. The minimum atomic E-state index is 0.693. The van der Waals surface area contributed by atoms with E-state index < -0.39 is 0 Å². The molecule has 1 aromatic rings. The number of hydrogen-bond acceptors (Lipinski definition) is 1. The third-order valence-electron chi connectivity index (χ3n) is 4.03. The van der Waals surface area contributed by atoms with E-state index in [1.165, 1.54) is 38.5 Å². The molecule has 102 valence electrons. The molecule has 1 N–H and O–H groups in total. The van der Waals surface area contributed by atoms with Gasteiger partial charge in [0.15, 0.2) is 0 Å². The zero-order valence-corrected chi connectivity index (χ0v) is 12.0. The molecule has 1 saturated carbocycles. The SMILES string of the molecule is CCCC1CCC(NCC#Cc2ccccc2)CC1. The van der Waals surface area contributed by atoms with Crippen molar-refractivity contribution in [3.8, 4) is 11.8 Å². The summed E-state index contributed by atoms with van der Waals surface area (Å²) in [5, 5.41) is 3.58. The Balaban J connectivity index is 1.66. The first kappa shape index (κ1) is 14.2. The van der Waals surface area contributed by atoms with Gasteiger partial charge < -0.3 is 5.32 Å². The van der Waals surface area contributed by atoms with Crippen molar-refractivity contribution in [2.75, 3.05) is 6.54 Å². The van der Waals surface area contributed by atoms with Crippen LogP contribution < -0.4 is 5.32 Å². The molecule has 0 bridgehead atoms. The maximum atomic E-state index is 3.58. The first-order valence-corrected chi connectivity index (χ1v) is 7.65. The minimum absolute atomic E-state index is 0.693. The predicted molar refractivity (Wildman–Crippen MR) is 82.0 cm³/mol. The van der Waals surface area contributed by atoms with Gasteiger partial charge in [-0.3, -0.25) is 0 Å². The van der Waals surface area contributed by atoms with Gasteiger partial charge in [-0.15, -0.1) is 0 Å². The Labute approximate surface area is 117 Å². The van der Waals surface area contributed by atoms with E-state index in [4.69, 9.17) is 0 Å². The van der Waals surface area contributed by atoms with Crippen molar-refractivity contribution in [2.24, 2.45) is 5.92 Å². The monoisotopic (exact) mass is 255 g/mol. The van der Waals surface area contributed by atoms with Gasteiger partial charge in [0, 0.05) is 11.6 Å². The summed E-state index contributed by atoms with van der Waals surface area (Å²) in [6.45, 7) is 3.11. The standard InChI is InChI=1S/C18H25N/c1-2-7-16-11-13-18(14-12-16)19-15-6-10-17-8-4-3-5-9-17/h3-5,8-9,16,18-19H,2,7,11-15H2,1H3. The second-order valence-corrected chi connectivity index (χ2v) is 5.56. The average molecular weight is 255 g/mol. The van der Waals surface area contributed by atoms with Gasteiger partial charge in [-0.05, 0) is 43.7 Å². The average Bonchev–Trinajstić information content (AvgIpc) is 2.47. The van der Waals surface area contributed by atoms with Crippen molar-refractivity contribution in [3.05, 3.63) is 35.9 Å². The number of rotatable bonds is 4. The number of benzene rings is 1. The summed E-state index contributed by atoms with van der Waals surface area (Å²) in [7, 11) is 0. The molecule has 0 atom stereocenters. The van der Waals surface area contributed by atoms with Gasteiger partial charge in [-0.25, -0.2) is 0 Å². The molecule has 0 heterocycles. The van der Waals surface area contributed by atoms with Gasteiger partial charge in [0.2, 0.25) is 0 Å². The van der Waals surface area contributed by atoms with E-state index in [1.807, 2.05) is 18.2 Å². The van der Waals surface area contributed by atoms with Crippen LogP contribution >= 0.6 is 0 Å². The lowest BCUT2D eigenvalue weighted by Gasteiger charge is -2.28. The summed E-state index contributed by atoms with van der Waals surface area (Å²) in [6.07, 6.45) is 8.22. The molecule has 0 amide bonds. The van der Waals surface area contributed by atoms with E-state index in [2.05, 4.69) is 36.2 Å². The molecule has 1 nitrogen and oxygen atoms in total. The molecule has 0 spiro atoms. The topological polar surface area (TPSA) is 12.0 Å². The molecule has 19 heavy (non-hydrogen) atoms. The summed E-state index contributed by atoms with van der Waals surface area (Å²) in [5.74, 6) is 7.41. The molecule has 0 aliphatic heterocycles. The lowest BCUT2D eigenvalue weighted by molar-refractivity contribution is 0.284. The maximum Gasteiger partial charge on any atom is 0.0582 e. The molecule has 0 unspecified atom stereocenters. The molecular weight excluding hydrogens is 230 g/mol. The first-order chi connectivity index (χ1) is 9.38. The van der Waals surface area contributed by atoms with Crippen LogP contribution in [0.1, 0.15) is 51.0 Å². The van der Waals surface area contributed by atoms with Crippen LogP contribution in [-0.4, -0.2) is 12.6 Å². The van der Waals surface area contributed by atoms with Gasteiger partial charge in [0.05, 0.1) is 6.54 Å². The van der Waals surface area contributed by atoms with Gasteiger partial charge in [0.25, 0.3) is 0 Å². The molecule has 1 aliphatic rings. The maximum absolute atomic E-state index is 3.58. The van der Waals surface area contributed by atoms with E-state index in [9.17, 15) is 0 Å². The van der Waals surface area contributed by atoms with Crippen LogP contribution in [-0.2, 0) is 0 Å². The summed E-state index contributed by atoms with van der Waals surface area (Å²) in [5.41, 5.74) is 1.11. The predicted octanol–water partition coefficient (Wildman–Crippen LogP) is 3.99.